The molecule has 0 fully saturated rings. The van der Waals surface area contributed by atoms with E-state index in [4.69, 9.17) is 32.1 Å². The predicted molar refractivity (Wildman–Crippen MR) is 114 cm³/mol. The minimum Gasteiger partial charge on any atom is -0.487 e. The molecule has 1 unspecified atom stereocenters. The molecule has 0 spiro atoms. The number of hydrogen-bond acceptors (Lipinski definition) is 4. The first-order chi connectivity index (χ1) is 13.8. The molecule has 3 aromatic rings. The van der Waals surface area contributed by atoms with Crippen molar-refractivity contribution >= 4 is 33.3 Å². The summed E-state index contributed by atoms with van der Waals surface area (Å²) in [5.74, 6) is 0.656. The minimum atomic E-state index is -3.86. The molecule has 0 saturated carbocycles. The van der Waals surface area contributed by atoms with Crippen LogP contribution in [0.3, 0.4) is 0 Å². The van der Waals surface area contributed by atoms with Crippen molar-refractivity contribution < 1.29 is 17.3 Å². The van der Waals surface area contributed by atoms with Crippen molar-refractivity contribution in [3.8, 4) is 16.9 Å². The lowest BCUT2D eigenvalue weighted by Gasteiger charge is -2.14. The van der Waals surface area contributed by atoms with E-state index >= 15 is 0 Å². The Hall–Kier alpha value is -2.05. The second kappa shape index (κ2) is 8.00. The predicted octanol–water partition coefficient (Wildman–Crippen LogP) is 5.68. The van der Waals surface area contributed by atoms with Gasteiger partial charge in [0.05, 0.1) is 4.90 Å². The number of hydrogen-bond donors (Lipinski definition) is 0. The van der Waals surface area contributed by atoms with Crippen LogP contribution in [0.1, 0.15) is 11.1 Å². The van der Waals surface area contributed by atoms with Gasteiger partial charge in [0, 0.05) is 33.2 Å². The van der Waals surface area contributed by atoms with Gasteiger partial charge in [0.1, 0.15) is 18.5 Å². The molecule has 0 radical (unpaired) electrons. The van der Waals surface area contributed by atoms with Crippen LogP contribution in [0.2, 0.25) is 10.0 Å². The summed E-state index contributed by atoms with van der Waals surface area (Å²) in [7, 11) is -3.86. The lowest BCUT2D eigenvalue weighted by molar-refractivity contribution is 0.152. The monoisotopic (exact) mass is 448 g/mol. The molecule has 29 heavy (non-hydrogen) atoms. The van der Waals surface area contributed by atoms with Crippen LogP contribution in [0.4, 0.5) is 0 Å². The van der Waals surface area contributed by atoms with E-state index in [1.165, 1.54) is 12.1 Å². The summed E-state index contributed by atoms with van der Waals surface area (Å²) in [4.78, 5) is 0.124. The second-order valence-electron chi connectivity index (χ2n) is 6.92. The molecule has 0 N–H and O–H groups in total. The Morgan fingerprint density at radius 2 is 1.76 bits per heavy atom. The fraction of sp³-hybridized carbons (Fsp3) is 0.182. The van der Waals surface area contributed by atoms with Gasteiger partial charge in [-0.05, 0) is 37.3 Å². The Balaban J connectivity index is 1.54. The molecule has 4 rings (SSSR count). The highest BCUT2D eigenvalue weighted by Gasteiger charge is 2.29. The van der Waals surface area contributed by atoms with Crippen molar-refractivity contribution in [1.82, 2.24) is 0 Å². The van der Waals surface area contributed by atoms with Gasteiger partial charge in [-0.2, -0.15) is 8.42 Å². The molecule has 1 aliphatic rings. The van der Waals surface area contributed by atoms with Crippen molar-refractivity contribution in [3.63, 3.8) is 0 Å². The molecule has 4 nitrogen and oxygen atoms in total. The maximum absolute atomic E-state index is 12.4. The van der Waals surface area contributed by atoms with Crippen molar-refractivity contribution in [2.24, 2.45) is 0 Å². The third kappa shape index (κ3) is 4.28. The minimum absolute atomic E-state index is 0.0928. The van der Waals surface area contributed by atoms with Crippen LogP contribution in [-0.4, -0.2) is 21.1 Å². The van der Waals surface area contributed by atoms with Crippen molar-refractivity contribution in [1.29, 1.82) is 0 Å². The lowest BCUT2D eigenvalue weighted by Crippen LogP contribution is -2.23. The molecule has 150 valence electrons. The van der Waals surface area contributed by atoms with E-state index in [1.807, 2.05) is 31.2 Å². The number of ether oxygens (including phenoxy) is 1. The van der Waals surface area contributed by atoms with Gasteiger partial charge in [-0.25, -0.2) is 0 Å². The molecule has 0 bridgehead atoms. The largest absolute Gasteiger partial charge is 0.487 e. The highest BCUT2D eigenvalue weighted by molar-refractivity contribution is 7.86. The van der Waals surface area contributed by atoms with Crippen LogP contribution < -0.4 is 4.74 Å². The van der Waals surface area contributed by atoms with E-state index in [2.05, 4.69) is 0 Å². The van der Waals surface area contributed by atoms with Crippen LogP contribution in [-0.2, 0) is 20.7 Å². The molecule has 3 aromatic carbocycles. The molecule has 0 amide bonds. The summed E-state index contributed by atoms with van der Waals surface area (Å²) in [6.07, 6.45) is 0.0569. The number of halogens is 2. The van der Waals surface area contributed by atoms with E-state index in [1.54, 1.807) is 24.3 Å². The average Bonchev–Trinajstić information content (AvgIpc) is 3.09. The number of fused-ring (bicyclic) bond motifs is 1. The fourth-order valence-electron chi connectivity index (χ4n) is 3.31. The lowest BCUT2D eigenvalue weighted by atomic mass is 10.0. The average molecular weight is 449 g/mol. The molecular formula is C22H18Cl2O4S. The highest BCUT2D eigenvalue weighted by atomic mass is 35.5. The third-order valence-corrected chi connectivity index (χ3v) is 6.59. The first-order valence-electron chi connectivity index (χ1n) is 9.03. The molecule has 7 heteroatoms. The van der Waals surface area contributed by atoms with Gasteiger partial charge >= 0.3 is 0 Å². The second-order valence-corrected chi connectivity index (χ2v) is 9.38. The van der Waals surface area contributed by atoms with Crippen LogP contribution in [0, 0.1) is 6.92 Å². The SMILES string of the molecule is Cc1ccc(S(=O)(=O)OCC2Cc3cc(Cl)cc(-c4ccccc4Cl)c3O2)cc1. The smallest absolute Gasteiger partial charge is 0.297 e. The molecule has 0 aromatic heterocycles. The Kier molecular flexibility index (Phi) is 5.58. The molecule has 0 saturated heterocycles. The maximum atomic E-state index is 12.4. The van der Waals surface area contributed by atoms with Gasteiger partial charge in [0.2, 0.25) is 0 Å². The van der Waals surface area contributed by atoms with Crippen LogP contribution in [0.25, 0.3) is 11.1 Å². The molecule has 0 aliphatic carbocycles. The first-order valence-corrected chi connectivity index (χ1v) is 11.2. The Morgan fingerprint density at radius 1 is 1.03 bits per heavy atom. The van der Waals surface area contributed by atoms with Gasteiger partial charge in [0.25, 0.3) is 10.1 Å². The topological polar surface area (TPSA) is 52.6 Å². The summed E-state index contributed by atoms with van der Waals surface area (Å²) in [6, 6.07) is 17.6. The molecular weight excluding hydrogens is 431 g/mol. The van der Waals surface area contributed by atoms with Crippen LogP contribution >= 0.6 is 23.2 Å². The Morgan fingerprint density at radius 3 is 2.48 bits per heavy atom. The fourth-order valence-corrected chi connectivity index (χ4v) is 4.72. The zero-order valence-electron chi connectivity index (χ0n) is 15.6. The van der Waals surface area contributed by atoms with Gasteiger partial charge in [-0.15, -0.1) is 0 Å². The summed E-state index contributed by atoms with van der Waals surface area (Å²) in [5, 5.41) is 1.15. The Bertz CT molecular complexity index is 1160. The van der Waals surface area contributed by atoms with E-state index in [-0.39, 0.29) is 11.5 Å². The summed E-state index contributed by atoms with van der Waals surface area (Å²) < 4.78 is 36.2. The summed E-state index contributed by atoms with van der Waals surface area (Å²) >= 11 is 12.6. The molecule has 1 aliphatic heterocycles. The normalized spacial score (nSPS) is 15.8. The number of rotatable bonds is 5. The third-order valence-electron chi connectivity index (χ3n) is 4.75. The van der Waals surface area contributed by atoms with Crippen LogP contribution in [0.5, 0.6) is 5.75 Å². The van der Waals surface area contributed by atoms with Gasteiger partial charge in [-0.3, -0.25) is 4.18 Å². The summed E-state index contributed by atoms with van der Waals surface area (Å²) in [6.45, 7) is 1.80. The zero-order valence-corrected chi connectivity index (χ0v) is 17.9. The van der Waals surface area contributed by atoms with E-state index < -0.39 is 16.2 Å². The van der Waals surface area contributed by atoms with E-state index in [0.717, 1.165) is 22.3 Å². The highest BCUT2D eigenvalue weighted by Crippen LogP contribution is 2.43. The standard InChI is InChI=1S/C22H18Cl2O4S/c1-14-6-8-18(9-7-14)29(25,26)27-13-17-11-15-10-16(23)12-20(22(15)28-17)19-4-2-3-5-21(19)24/h2-10,12,17H,11,13H2,1H3. The van der Waals surface area contributed by atoms with Crippen molar-refractivity contribution in [2.75, 3.05) is 6.61 Å². The van der Waals surface area contributed by atoms with Gasteiger partial charge in [0.15, 0.2) is 0 Å². The first kappa shape index (κ1) is 20.2. The maximum Gasteiger partial charge on any atom is 0.297 e. The van der Waals surface area contributed by atoms with Crippen molar-refractivity contribution in [2.45, 2.75) is 24.3 Å². The summed E-state index contributed by atoms with van der Waals surface area (Å²) in [5.41, 5.74) is 3.46. The molecule has 1 atom stereocenters. The van der Waals surface area contributed by atoms with Crippen molar-refractivity contribution in [3.05, 3.63) is 81.8 Å². The van der Waals surface area contributed by atoms with Gasteiger partial charge < -0.3 is 4.74 Å². The quantitative estimate of drug-likeness (QED) is 0.471. The number of aryl methyl sites for hydroxylation is 1. The van der Waals surface area contributed by atoms with E-state index in [0.29, 0.717) is 22.2 Å². The zero-order chi connectivity index (χ0) is 20.6. The van der Waals surface area contributed by atoms with E-state index in [9.17, 15) is 8.42 Å². The van der Waals surface area contributed by atoms with Gasteiger partial charge in [-0.1, -0.05) is 59.1 Å². The number of benzene rings is 3. The molecule has 1 heterocycles. The Labute approximate surface area is 180 Å². The van der Waals surface area contributed by atoms with Crippen LogP contribution in [0.15, 0.2) is 65.6 Å².